The molecule has 2 aliphatic rings. The largest absolute Gasteiger partial charge is 0.496 e. The highest BCUT2D eigenvalue weighted by molar-refractivity contribution is 6.08. The third-order valence-corrected chi connectivity index (χ3v) is 8.35. The van der Waals surface area contributed by atoms with Crippen LogP contribution in [0.25, 0.3) is 17.2 Å². The van der Waals surface area contributed by atoms with Crippen LogP contribution < -0.4 is 14.8 Å². The number of amides is 2. The first-order valence-corrected chi connectivity index (χ1v) is 14.1. The lowest BCUT2D eigenvalue weighted by molar-refractivity contribution is -0.120. The van der Waals surface area contributed by atoms with Crippen LogP contribution in [0.15, 0.2) is 54.2 Å². The highest BCUT2D eigenvalue weighted by atomic mass is 19.1. The molecule has 0 radical (unpaired) electrons. The van der Waals surface area contributed by atoms with Crippen LogP contribution >= 0.6 is 0 Å². The number of carbonyl (C=O) groups excluding carboxylic acids is 1. The van der Waals surface area contributed by atoms with Crippen molar-refractivity contribution >= 4 is 29.2 Å². The number of nitrogens with one attached hydrogen (secondary N) is 1. The molecule has 2 heterocycles. The molecule has 1 aliphatic heterocycles. The molecule has 1 atom stereocenters. The van der Waals surface area contributed by atoms with Crippen LogP contribution in [0.3, 0.4) is 0 Å². The molecule has 0 saturated carbocycles. The summed E-state index contributed by atoms with van der Waals surface area (Å²) < 4.78 is 28.0. The van der Waals surface area contributed by atoms with Gasteiger partial charge in [0.1, 0.15) is 17.3 Å². The molecule has 5 rings (SSSR count). The lowest BCUT2D eigenvalue weighted by Gasteiger charge is -2.39. The second-order valence-corrected chi connectivity index (χ2v) is 11.0. The number of methoxy groups -OCH3 is 2. The fourth-order valence-corrected chi connectivity index (χ4v) is 6.01. The Morgan fingerprint density at radius 3 is 2.42 bits per heavy atom. The Hall–Kier alpha value is -4.57. The van der Waals surface area contributed by atoms with Gasteiger partial charge in [-0.3, -0.25) is 9.69 Å². The molecular formula is C33H37FN4O5. The smallest absolute Gasteiger partial charge is 0.407 e. The van der Waals surface area contributed by atoms with Crippen molar-refractivity contribution in [2.75, 3.05) is 40.9 Å². The number of fused-ring (bicyclic) bond motifs is 1. The Kier molecular flexibility index (Phi) is 8.59. The lowest BCUT2D eigenvalue weighted by atomic mass is 9.96. The van der Waals surface area contributed by atoms with Crippen molar-refractivity contribution in [2.45, 2.75) is 25.9 Å². The van der Waals surface area contributed by atoms with Crippen molar-refractivity contribution < 1.29 is 28.6 Å². The number of halogens is 1. The fourth-order valence-electron chi connectivity index (χ4n) is 6.01. The molecule has 1 unspecified atom stereocenters. The number of carbonyl (C=O) groups is 2. The first-order chi connectivity index (χ1) is 20.6. The van der Waals surface area contributed by atoms with E-state index < -0.39 is 12.1 Å². The Bertz CT molecular complexity index is 1600. The van der Waals surface area contributed by atoms with Gasteiger partial charge < -0.3 is 29.4 Å². The van der Waals surface area contributed by atoms with Gasteiger partial charge in [-0.25, -0.2) is 9.18 Å². The molecular weight excluding hydrogens is 551 g/mol. The maximum Gasteiger partial charge on any atom is 0.407 e. The predicted molar refractivity (Wildman–Crippen MR) is 163 cm³/mol. The number of likely N-dealkylation sites (N-methyl/N-ethyl adjacent to an activating group) is 1. The highest BCUT2D eigenvalue weighted by Crippen LogP contribution is 2.45. The number of carboxylic acid groups (broad SMARTS) is 1. The van der Waals surface area contributed by atoms with E-state index in [1.54, 1.807) is 20.3 Å². The van der Waals surface area contributed by atoms with E-state index in [1.807, 2.05) is 62.1 Å². The van der Waals surface area contributed by atoms with Gasteiger partial charge in [-0.15, -0.1) is 0 Å². The zero-order valence-electron chi connectivity index (χ0n) is 25.1. The van der Waals surface area contributed by atoms with E-state index >= 15 is 0 Å². The van der Waals surface area contributed by atoms with E-state index in [4.69, 9.17) is 9.47 Å². The quantitative estimate of drug-likeness (QED) is 0.377. The van der Waals surface area contributed by atoms with Gasteiger partial charge >= 0.3 is 6.09 Å². The van der Waals surface area contributed by atoms with Crippen LogP contribution in [0, 0.1) is 5.82 Å². The summed E-state index contributed by atoms with van der Waals surface area (Å²) in [4.78, 5) is 28.6. The normalized spacial score (nSPS) is 17.8. The van der Waals surface area contributed by atoms with Gasteiger partial charge in [-0.05, 0) is 89.9 Å². The van der Waals surface area contributed by atoms with E-state index in [2.05, 4.69) is 10.2 Å². The highest BCUT2D eigenvalue weighted by Gasteiger charge is 2.35. The molecule has 10 heteroatoms. The van der Waals surface area contributed by atoms with E-state index in [1.165, 1.54) is 17.0 Å². The molecule has 1 saturated heterocycles. The third kappa shape index (κ3) is 6.01. The van der Waals surface area contributed by atoms with Crippen LogP contribution in [0.1, 0.15) is 47.3 Å². The van der Waals surface area contributed by atoms with Gasteiger partial charge in [0.05, 0.1) is 38.8 Å². The topological polar surface area (TPSA) is 96.3 Å². The minimum atomic E-state index is -0.996. The molecule has 0 spiro atoms. The van der Waals surface area contributed by atoms with Gasteiger partial charge in [0.25, 0.3) is 0 Å². The maximum atomic E-state index is 14.4. The molecule has 0 bridgehead atoms. The van der Waals surface area contributed by atoms with Crippen LogP contribution in [-0.4, -0.2) is 72.4 Å². The monoisotopic (exact) mass is 588 g/mol. The van der Waals surface area contributed by atoms with Gasteiger partial charge in [0.15, 0.2) is 0 Å². The molecule has 9 nitrogen and oxygen atoms in total. The first kappa shape index (κ1) is 29.9. The first-order valence-electron chi connectivity index (χ1n) is 14.1. The van der Waals surface area contributed by atoms with Crippen molar-refractivity contribution in [3.8, 4) is 11.5 Å². The maximum absolute atomic E-state index is 14.4. The number of aromatic nitrogens is 1. The van der Waals surface area contributed by atoms with E-state index in [0.717, 1.165) is 33.5 Å². The predicted octanol–water partition coefficient (Wildman–Crippen LogP) is 5.18. The number of hydrogen-bond acceptors (Lipinski definition) is 5. The average Bonchev–Trinajstić information content (AvgIpc) is 3.50. The molecule has 1 fully saturated rings. The standard InChI is InChI=1S/C33H37FN4O5/c1-20-25(24-9-8-22(34)16-27(24)26(20)17-31(39)35-18-23-7-6-10-37(23)3)13-21-14-29(42-4)32(30(15-21)43-5)28-19-36(2)11-12-38(28)33(40)41/h6-10,13-16,28H,11-12,17-19H2,1-5H3,(H,35,39)(H,40,41)/b25-13-. The summed E-state index contributed by atoms with van der Waals surface area (Å²) >= 11 is 0. The van der Waals surface area contributed by atoms with E-state index in [9.17, 15) is 19.1 Å². The van der Waals surface area contributed by atoms with Crippen molar-refractivity contribution in [2.24, 2.45) is 7.05 Å². The molecule has 2 N–H and O–H groups in total. The number of ether oxygens (including phenoxy) is 2. The van der Waals surface area contributed by atoms with Crippen molar-refractivity contribution in [3.63, 3.8) is 0 Å². The van der Waals surface area contributed by atoms with E-state index in [-0.39, 0.29) is 18.1 Å². The number of nitrogens with zero attached hydrogens (tertiary/aromatic N) is 3. The van der Waals surface area contributed by atoms with Crippen molar-refractivity contribution in [1.29, 1.82) is 0 Å². The van der Waals surface area contributed by atoms with Crippen LogP contribution in [0.2, 0.25) is 0 Å². The number of aryl methyl sites for hydroxylation is 1. The fraction of sp³-hybridized carbons (Fsp3) is 0.333. The number of benzene rings is 2. The van der Waals surface area contributed by atoms with Crippen molar-refractivity contribution in [3.05, 3.63) is 88.0 Å². The van der Waals surface area contributed by atoms with E-state index in [0.29, 0.717) is 48.8 Å². The van der Waals surface area contributed by atoms with Gasteiger partial charge in [-0.1, -0.05) is 6.07 Å². The zero-order valence-corrected chi connectivity index (χ0v) is 25.1. The summed E-state index contributed by atoms with van der Waals surface area (Å²) in [5.74, 6) is 0.497. The third-order valence-electron chi connectivity index (χ3n) is 8.35. The molecule has 1 aromatic heterocycles. The summed E-state index contributed by atoms with van der Waals surface area (Å²) in [7, 11) is 6.99. The van der Waals surface area contributed by atoms with Crippen LogP contribution in [-0.2, 0) is 18.4 Å². The summed E-state index contributed by atoms with van der Waals surface area (Å²) in [6.45, 7) is 3.84. The minimum Gasteiger partial charge on any atom is -0.496 e. The Labute approximate surface area is 250 Å². The number of piperazine rings is 1. The molecule has 2 amide bonds. The number of allylic oxidation sites excluding steroid dienone is 2. The van der Waals surface area contributed by atoms with Gasteiger partial charge in [0, 0.05) is 38.6 Å². The Morgan fingerprint density at radius 1 is 1.07 bits per heavy atom. The second-order valence-electron chi connectivity index (χ2n) is 11.0. The zero-order chi connectivity index (χ0) is 30.8. The van der Waals surface area contributed by atoms with Gasteiger partial charge in [0.2, 0.25) is 5.91 Å². The SMILES string of the molecule is COc1cc(/C=C2/C(C)=C(CC(=O)NCc3cccn3C)c3cc(F)ccc32)cc(OC)c1C1CN(C)CCN1C(=O)O. The molecule has 2 aromatic carbocycles. The molecule has 43 heavy (non-hydrogen) atoms. The lowest BCUT2D eigenvalue weighted by Crippen LogP contribution is -2.49. The molecule has 1 aliphatic carbocycles. The van der Waals surface area contributed by atoms with Gasteiger partial charge in [-0.2, -0.15) is 0 Å². The Balaban J connectivity index is 1.52. The number of rotatable bonds is 8. The summed E-state index contributed by atoms with van der Waals surface area (Å²) in [5, 5.41) is 12.9. The molecule has 3 aromatic rings. The number of hydrogen-bond donors (Lipinski definition) is 2. The summed E-state index contributed by atoms with van der Waals surface area (Å²) in [6.07, 6.45) is 3.00. The average molecular weight is 589 g/mol. The molecule has 226 valence electrons. The summed E-state index contributed by atoms with van der Waals surface area (Å²) in [6, 6.07) is 11.8. The summed E-state index contributed by atoms with van der Waals surface area (Å²) in [5.41, 5.74) is 6.44. The van der Waals surface area contributed by atoms with Crippen molar-refractivity contribution in [1.82, 2.24) is 19.7 Å². The van der Waals surface area contributed by atoms with Crippen LogP contribution in [0.4, 0.5) is 9.18 Å². The second kappa shape index (κ2) is 12.3. The Morgan fingerprint density at radius 2 is 1.79 bits per heavy atom. The van der Waals surface area contributed by atoms with Crippen LogP contribution in [0.5, 0.6) is 11.5 Å². The minimum absolute atomic E-state index is 0.107.